The number of fused-ring (bicyclic) bond motifs is 1. The van der Waals surface area contributed by atoms with E-state index < -0.39 is 12.2 Å². The maximum absolute atomic E-state index is 13.2. The van der Waals surface area contributed by atoms with E-state index in [1.807, 2.05) is 23.4 Å². The highest BCUT2D eigenvalue weighted by atomic mass is 19.1. The van der Waals surface area contributed by atoms with Crippen molar-refractivity contribution in [3.63, 3.8) is 0 Å². The van der Waals surface area contributed by atoms with Crippen molar-refractivity contribution in [3.05, 3.63) is 77.3 Å². The highest BCUT2D eigenvalue weighted by Gasteiger charge is 2.33. The second-order valence-corrected chi connectivity index (χ2v) is 12.7. The Morgan fingerprint density at radius 1 is 1.25 bits per heavy atom. The van der Waals surface area contributed by atoms with E-state index in [4.69, 9.17) is 0 Å². The van der Waals surface area contributed by atoms with E-state index in [9.17, 15) is 19.7 Å². The predicted octanol–water partition coefficient (Wildman–Crippen LogP) is 4.78. The van der Waals surface area contributed by atoms with Gasteiger partial charge in [0, 0.05) is 41.6 Å². The molecule has 5 rings (SSSR count). The van der Waals surface area contributed by atoms with Crippen LogP contribution in [0.1, 0.15) is 51.7 Å². The van der Waals surface area contributed by atoms with Gasteiger partial charge in [-0.05, 0) is 42.9 Å². The third-order valence-electron chi connectivity index (χ3n) is 7.67. The van der Waals surface area contributed by atoms with Crippen LogP contribution in [0.3, 0.4) is 0 Å². The van der Waals surface area contributed by atoms with Crippen LogP contribution < -0.4 is 21.6 Å². The molecule has 3 heterocycles. The van der Waals surface area contributed by atoms with Gasteiger partial charge in [0.15, 0.2) is 0 Å². The number of carbonyl (C=O) groups excluding carboxylic acids is 1. The summed E-state index contributed by atoms with van der Waals surface area (Å²) in [6.07, 6.45) is 10.0. The van der Waals surface area contributed by atoms with Crippen molar-refractivity contribution in [2.75, 3.05) is 30.3 Å². The number of anilines is 2. The SMILES string of the molecule is C=C(/C=C\C=C(/C)C(=O)N1CC(F)C1)[C@H](Nc1cc(C#N)c2ncc(C#N)c(NCC(C)(C)C)c2c1)C1=CN(C2CC2)NN1. The van der Waals surface area contributed by atoms with Crippen molar-refractivity contribution in [3.8, 4) is 12.1 Å². The second-order valence-electron chi connectivity index (χ2n) is 12.7. The molecule has 1 aliphatic carbocycles. The summed E-state index contributed by atoms with van der Waals surface area (Å²) in [6, 6.07) is 8.12. The Labute approximate surface area is 257 Å². The van der Waals surface area contributed by atoms with Gasteiger partial charge in [-0.2, -0.15) is 10.5 Å². The molecule has 0 bridgehead atoms. The van der Waals surface area contributed by atoms with Gasteiger partial charge in [0.1, 0.15) is 18.3 Å². The van der Waals surface area contributed by atoms with Crippen molar-refractivity contribution in [1.29, 1.82) is 10.5 Å². The van der Waals surface area contributed by atoms with Gasteiger partial charge in [-0.1, -0.05) is 45.6 Å². The Morgan fingerprint density at radius 2 is 1.98 bits per heavy atom. The van der Waals surface area contributed by atoms with Crippen LogP contribution >= 0.6 is 0 Å². The number of nitrogens with one attached hydrogen (secondary N) is 4. The van der Waals surface area contributed by atoms with Gasteiger partial charge < -0.3 is 21.0 Å². The molecule has 1 saturated carbocycles. The summed E-state index contributed by atoms with van der Waals surface area (Å²) < 4.78 is 13.2. The second kappa shape index (κ2) is 12.4. The molecule has 2 aromatic rings. The van der Waals surface area contributed by atoms with Crippen LogP contribution in [0.15, 0.2) is 66.2 Å². The number of carbonyl (C=O) groups is 1. The quantitative estimate of drug-likeness (QED) is 0.226. The van der Waals surface area contributed by atoms with E-state index in [1.54, 1.807) is 25.1 Å². The van der Waals surface area contributed by atoms with Crippen LogP contribution in [0.25, 0.3) is 10.9 Å². The molecule has 10 nitrogen and oxygen atoms in total. The lowest BCUT2D eigenvalue weighted by molar-refractivity contribution is -0.133. The predicted molar refractivity (Wildman–Crippen MR) is 169 cm³/mol. The molecule has 4 N–H and O–H groups in total. The van der Waals surface area contributed by atoms with Crippen molar-refractivity contribution in [1.82, 2.24) is 25.9 Å². The lowest BCUT2D eigenvalue weighted by Crippen LogP contribution is -2.51. The molecule has 0 unspecified atom stereocenters. The molecular formula is C33H38FN9O. The summed E-state index contributed by atoms with van der Waals surface area (Å²) in [6.45, 7) is 13.2. The molecule has 2 fully saturated rings. The number of likely N-dealkylation sites (tertiary alicyclic amines) is 1. The number of aromatic nitrogens is 1. The highest BCUT2D eigenvalue weighted by Crippen LogP contribution is 2.33. The van der Waals surface area contributed by atoms with Crippen molar-refractivity contribution >= 4 is 28.2 Å². The van der Waals surface area contributed by atoms with Crippen LogP contribution in [-0.2, 0) is 4.79 Å². The molecular weight excluding hydrogens is 557 g/mol. The first kappa shape index (κ1) is 30.6. The van der Waals surface area contributed by atoms with Gasteiger partial charge in [0.25, 0.3) is 0 Å². The Bertz CT molecular complexity index is 1650. The van der Waals surface area contributed by atoms with Crippen molar-refractivity contribution in [2.45, 2.75) is 58.8 Å². The first-order valence-corrected chi connectivity index (χ1v) is 14.7. The number of hydrogen-bond acceptors (Lipinski definition) is 9. The van der Waals surface area contributed by atoms with Gasteiger partial charge >= 0.3 is 0 Å². The summed E-state index contributed by atoms with van der Waals surface area (Å²) in [5.74, 6) is -0.185. The van der Waals surface area contributed by atoms with E-state index in [0.717, 1.165) is 18.5 Å². The van der Waals surface area contributed by atoms with Crippen LogP contribution in [-0.4, -0.2) is 58.7 Å². The number of nitrogens with zero attached hydrogens (tertiary/aromatic N) is 5. The Morgan fingerprint density at radius 3 is 2.61 bits per heavy atom. The number of allylic oxidation sites excluding steroid dienone is 2. The van der Waals surface area contributed by atoms with Crippen LogP contribution in [0.5, 0.6) is 0 Å². The third-order valence-corrected chi connectivity index (χ3v) is 7.67. The molecule has 1 atom stereocenters. The molecule has 1 aromatic carbocycles. The minimum atomic E-state index is -0.950. The normalized spacial score (nSPS) is 17.9. The largest absolute Gasteiger partial charge is 0.383 e. The minimum absolute atomic E-state index is 0.0468. The van der Waals surface area contributed by atoms with Gasteiger partial charge in [-0.25, -0.2) is 4.39 Å². The summed E-state index contributed by atoms with van der Waals surface area (Å²) >= 11 is 0. The molecule has 1 amide bonds. The monoisotopic (exact) mass is 595 g/mol. The maximum atomic E-state index is 13.2. The Hall–Kier alpha value is -4.87. The lowest BCUT2D eigenvalue weighted by atomic mass is 9.96. The van der Waals surface area contributed by atoms with Crippen LogP contribution in [0.4, 0.5) is 15.8 Å². The van der Waals surface area contributed by atoms with Gasteiger partial charge in [-0.15, -0.1) is 5.53 Å². The summed E-state index contributed by atoms with van der Waals surface area (Å²) in [7, 11) is 0. The molecule has 3 aliphatic rings. The number of pyridine rings is 1. The average molecular weight is 596 g/mol. The molecule has 44 heavy (non-hydrogen) atoms. The summed E-state index contributed by atoms with van der Waals surface area (Å²) in [5.41, 5.74) is 11.0. The van der Waals surface area contributed by atoms with Crippen LogP contribution in [0.2, 0.25) is 0 Å². The molecule has 0 radical (unpaired) electrons. The Balaban J connectivity index is 1.47. The smallest absolute Gasteiger partial charge is 0.249 e. The van der Waals surface area contributed by atoms with E-state index in [-0.39, 0.29) is 24.4 Å². The van der Waals surface area contributed by atoms with Crippen LogP contribution in [0, 0.1) is 28.1 Å². The van der Waals surface area contributed by atoms with Crippen molar-refractivity contribution < 1.29 is 9.18 Å². The number of halogens is 1. The fraction of sp³-hybridized carbons (Fsp3) is 0.394. The standard InChI is InChI=1S/C33H38FN9O/c1-20(7-6-8-21(2)32(44)42-16-24(34)17-42)29(28-18-43(41-40-28)26-9-10-26)39-25-11-22(13-35)30-27(12-25)31(23(14-36)15-37-30)38-19-33(3,4)5/h6-8,11-12,15,18,24,26,29,39-41H,1,9-10,16-17,19H2,2-5H3,(H,37,38)/b7-6-,21-8+/t29-/m0/s1. The number of alkyl halides is 1. The average Bonchev–Trinajstić information content (AvgIpc) is 3.71. The summed E-state index contributed by atoms with van der Waals surface area (Å²) in [5, 5.41) is 29.6. The lowest BCUT2D eigenvalue weighted by Gasteiger charge is -2.34. The van der Waals surface area contributed by atoms with E-state index in [1.165, 1.54) is 11.1 Å². The molecule has 0 spiro atoms. The third kappa shape index (κ3) is 6.85. The first-order valence-electron chi connectivity index (χ1n) is 14.7. The minimum Gasteiger partial charge on any atom is -0.383 e. The number of hydrazine groups is 2. The number of hydrogen-bond donors (Lipinski definition) is 4. The molecule has 2 aliphatic heterocycles. The van der Waals surface area contributed by atoms with Gasteiger partial charge in [0.2, 0.25) is 5.91 Å². The number of nitriles is 2. The van der Waals surface area contributed by atoms with Crippen molar-refractivity contribution in [2.24, 2.45) is 5.41 Å². The van der Waals surface area contributed by atoms with E-state index >= 15 is 0 Å². The number of amides is 1. The first-order chi connectivity index (χ1) is 21.0. The van der Waals surface area contributed by atoms with E-state index in [0.29, 0.717) is 57.1 Å². The zero-order valence-electron chi connectivity index (χ0n) is 25.5. The maximum Gasteiger partial charge on any atom is 0.249 e. The zero-order chi connectivity index (χ0) is 31.6. The van der Waals surface area contributed by atoms with Gasteiger partial charge in [0.05, 0.1) is 47.2 Å². The number of rotatable bonds is 10. The Kier molecular flexibility index (Phi) is 8.61. The topological polar surface area (TPSA) is 132 Å². The molecule has 1 saturated heterocycles. The molecule has 1 aromatic heterocycles. The fourth-order valence-corrected chi connectivity index (χ4v) is 5.00. The highest BCUT2D eigenvalue weighted by molar-refractivity contribution is 5.99. The molecule has 11 heteroatoms. The summed E-state index contributed by atoms with van der Waals surface area (Å²) in [4.78, 5) is 18.5. The zero-order valence-corrected chi connectivity index (χ0v) is 25.5. The van der Waals surface area contributed by atoms with E-state index in [2.05, 4.69) is 66.1 Å². The molecule has 228 valence electrons. The van der Waals surface area contributed by atoms with Gasteiger partial charge in [-0.3, -0.25) is 14.8 Å². The number of benzene rings is 1. The fourth-order valence-electron chi connectivity index (χ4n) is 5.00.